The van der Waals surface area contributed by atoms with Crippen molar-refractivity contribution < 1.29 is 32.5 Å². The van der Waals surface area contributed by atoms with Crippen LogP contribution >= 0.6 is 7.87 Å². The van der Waals surface area contributed by atoms with Crippen LogP contribution in [0.3, 0.4) is 0 Å². The monoisotopic (exact) mass is 348 g/mol. The first-order valence-corrected chi connectivity index (χ1v) is 8.66. The summed E-state index contributed by atoms with van der Waals surface area (Å²) in [6.07, 6.45) is -4.50. The summed E-state index contributed by atoms with van der Waals surface area (Å²) in [5, 5.41) is 3.42. The maximum atomic E-state index is 12.9. The second kappa shape index (κ2) is 8.29. The first kappa shape index (κ1) is 21.4. The van der Waals surface area contributed by atoms with E-state index < -0.39 is 31.5 Å². The third-order valence-corrected chi connectivity index (χ3v) is 4.23. The van der Waals surface area contributed by atoms with Crippen molar-refractivity contribution in [3.63, 3.8) is 0 Å². The number of halogens is 3. The molecule has 0 saturated carbocycles. The molecular formula is C12H24F3N2O4P. The summed E-state index contributed by atoms with van der Waals surface area (Å²) < 4.78 is 43.5. The molecule has 3 N–H and O–H groups in total. The molecule has 0 aliphatic carbocycles. The fraction of sp³-hybridized carbons (Fsp3) is 0.917. The predicted octanol–water partition coefficient (Wildman–Crippen LogP) is 2.29. The van der Waals surface area contributed by atoms with Gasteiger partial charge >= 0.3 is 12.3 Å². The zero-order valence-electron chi connectivity index (χ0n) is 13.2. The molecule has 0 aromatic rings. The number of alkyl halides is 3. The molecule has 0 heterocycles. The molecule has 2 atom stereocenters. The summed E-state index contributed by atoms with van der Waals surface area (Å²) in [6, 6.07) is 0. The number of carbonyl (C=O) groups excluding carboxylic acids is 1. The number of hydrogen-bond acceptors (Lipinski definition) is 5. The van der Waals surface area contributed by atoms with Crippen molar-refractivity contribution >= 4 is 14.0 Å². The minimum absolute atomic E-state index is 0.0514. The Hall–Kier alpha value is -0.630. The third-order valence-electron chi connectivity index (χ3n) is 2.43. The van der Waals surface area contributed by atoms with Gasteiger partial charge in [0.05, 0.1) is 0 Å². The van der Waals surface area contributed by atoms with Gasteiger partial charge in [0.2, 0.25) is 7.87 Å². The molecular weight excluding hydrogens is 324 g/mol. The van der Waals surface area contributed by atoms with E-state index in [9.17, 15) is 27.8 Å². The van der Waals surface area contributed by atoms with E-state index in [2.05, 4.69) is 0 Å². The van der Waals surface area contributed by atoms with Crippen molar-refractivity contribution in [1.82, 2.24) is 10.4 Å². The van der Waals surface area contributed by atoms with Crippen LogP contribution < -0.4 is 15.3 Å². The van der Waals surface area contributed by atoms with Crippen LogP contribution in [0, 0.1) is 0 Å². The molecule has 2 unspecified atom stereocenters. The van der Waals surface area contributed by atoms with Crippen molar-refractivity contribution in [2.45, 2.75) is 64.5 Å². The van der Waals surface area contributed by atoms with E-state index in [1.165, 1.54) is 26.1 Å². The molecule has 1 amide bonds. The summed E-state index contributed by atoms with van der Waals surface area (Å²) in [5.74, 6) is -2.92. The van der Waals surface area contributed by atoms with E-state index in [0.29, 0.717) is 12.8 Å². The molecule has 0 saturated heterocycles. The molecule has 0 aliphatic rings. The number of carbonyl (C=O) groups is 1. The summed E-state index contributed by atoms with van der Waals surface area (Å²) >= 11 is 0. The average Bonchev–Trinajstić information content (AvgIpc) is 2.28. The second-order valence-electron chi connectivity index (χ2n) is 5.83. The highest BCUT2D eigenvalue weighted by Crippen LogP contribution is 2.51. The zero-order valence-corrected chi connectivity index (χ0v) is 14.1. The lowest BCUT2D eigenvalue weighted by Crippen LogP contribution is -2.53. The lowest BCUT2D eigenvalue weighted by molar-refractivity contribution is -0.213. The number of rotatable bonds is 7. The summed E-state index contributed by atoms with van der Waals surface area (Å²) in [7, 11) is -4.87. The van der Waals surface area contributed by atoms with Crippen LogP contribution in [0.2, 0.25) is 0 Å². The van der Waals surface area contributed by atoms with Gasteiger partial charge in [-0.25, -0.2) is 9.69 Å². The van der Waals surface area contributed by atoms with E-state index in [4.69, 9.17) is 4.74 Å². The molecule has 0 bridgehead atoms. The number of nitrogens with one attached hydrogen (secondary N) is 2. The average molecular weight is 348 g/mol. The van der Waals surface area contributed by atoms with Crippen molar-refractivity contribution in [1.29, 1.82) is 0 Å². The minimum Gasteiger partial charge on any atom is -0.640 e. The van der Waals surface area contributed by atoms with Gasteiger partial charge in [0.15, 0.2) is 0 Å². The number of ether oxygens (including phenoxy) is 1. The normalized spacial score (nSPS) is 16.8. The van der Waals surface area contributed by atoms with Crippen LogP contribution in [0.15, 0.2) is 0 Å². The zero-order chi connectivity index (χ0) is 17.6. The van der Waals surface area contributed by atoms with Crippen LogP contribution in [0.25, 0.3) is 0 Å². The Morgan fingerprint density at radius 1 is 1.32 bits per heavy atom. The van der Waals surface area contributed by atoms with Crippen molar-refractivity contribution in [2.75, 3.05) is 6.54 Å². The first-order valence-electron chi connectivity index (χ1n) is 6.93. The van der Waals surface area contributed by atoms with Crippen molar-refractivity contribution in [3.05, 3.63) is 0 Å². The number of unbranched alkanes of at least 4 members (excludes halogenated alkanes) is 2. The number of hydrogen-bond donors (Lipinski definition) is 3. The van der Waals surface area contributed by atoms with Crippen LogP contribution in [0.4, 0.5) is 18.0 Å². The Balaban J connectivity index is 4.86. The molecule has 22 heavy (non-hydrogen) atoms. The fourth-order valence-electron chi connectivity index (χ4n) is 1.49. The van der Waals surface area contributed by atoms with Gasteiger partial charge in [0.25, 0.3) is 5.78 Å². The van der Waals surface area contributed by atoms with Gasteiger partial charge in [0.1, 0.15) is 5.60 Å². The molecule has 0 radical (unpaired) electrons. The molecule has 6 nitrogen and oxygen atoms in total. The summed E-state index contributed by atoms with van der Waals surface area (Å²) in [4.78, 5) is 32.9. The van der Waals surface area contributed by atoms with Gasteiger partial charge in [-0.15, -0.1) is 0 Å². The highest BCUT2D eigenvalue weighted by molar-refractivity contribution is 7.62. The van der Waals surface area contributed by atoms with Gasteiger partial charge < -0.3 is 9.63 Å². The van der Waals surface area contributed by atoms with E-state index in [-0.39, 0.29) is 6.54 Å². The van der Waals surface area contributed by atoms with Gasteiger partial charge in [-0.1, -0.05) is 19.8 Å². The molecule has 0 fully saturated rings. The molecule has 0 aliphatic heterocycles. The Morgan fingerprint density at radius 3 is 2.27 bits per heavy atom. The van der Waals surface area contributed by atoms with E-state index in [0.717, 1.165) is 6.42 Å². The maximum Gasteiger partial charge on any atom is 0.449 e. The maximum absolute atomic E-state index is 12.9. The predicted molar refractivity (Wildman–Crippen MR) is 75.9 cm³/mol. The quantitative estimate of drug-likeness (QED) is 0.485. The minimum atomic E-state index is -5.08. The first-order chi connectivity index (χ1) is 9.79. The van der Waals surface area contributed by atoms with Gasteiger partial charge in [-0.05, 0) is 27.2 Å². The van der Waals surface area contributed by atoms with Crippen LogP contribution in [-0.4, -0.2) is 35.1 Å². The van der Waals surface area contributed by atoms with E-state index in [1.54, 1.807) is 0 Å². The van der Waals surface area contributed by atoms with Gasteiger partial charge in [-0.3, -0.25) is 5.32 Å². The highest BCUT2D eigenvalue weighted by Gasteiger charge is 2.56. The largest absolute Gasteiger partial charge is 0.640 e. The lowest BCUT2D eigenvalue weighted by Gasteiger charge is -2.33. The number of amides is 1. The van der Waals surface area contributed by atoms with Crippen molar-refractivity contribution in [3.8, 4) is 0 Å². The lowest BCUT2D eigenvalue weighted by atomic mass is 10.2. The second-order valence-corrected chi connectivity index (χ2v) is 7.91. The number of alkyl carbamates (subject to hydrolysis) is 1. The topological polar surface area (TPSA) is 93.6 Å². The van der Waals surface area contributed by atoms with Crippen LogP contribution in [0.1, 0.15) is 47.0 Å². The summed E-state index contributed by atoms with van der Waals surface area (Å²) in [5.41, 5.74) is -1.02. The Morgan fingerprint density at radius 2 is 1.86 bits per heavy atom. The van der Waals surface area contributed by atoms with Crippen LogP contribution in [0.5, 0.6) is 0 Å². The Labute approximate surface area is 129 Å². The van der Waals surface area contributed by atoms with Crippen molar-refractivity contribution in [2.24, 2.45) is 0 Å². The Bertz CT molecular complexity index is 359. The smallest absolute Gasteiger partial charge is 0.449 e. The molecule has 0 spiro atoms. The molecule has 0 rings (SSSR count). The van der Waals surface area contributed by atoms with E-state index in [1.807, 2.05) is 12.0 Å². The molecule has 132 valence electrons. The highest BCUT2D eigenvalue weighted by atomic mass is 31.2. The standard InChI is InChI=1S/C12H24F3N2O4P/c1-5-6-7-8-16-22(19,20)9(12(13,14)15)17-10(18)21-11(2,3)4/h9H,5-8H2,1-4H3,(H,17,18)(H2,16,19,20). The van der Waals surface area contributed by atoms with Gasteiger partial charge in [-0.2, -0.15) is 18.3 Å². The fourth-order valence-corrected chi connectivity index (χ4v) is 2.83. The van der Waals surface area contributed by atoms with Crippen LogP contribution in [-0.2, 0) is 4.74 Å². The van der Waals surface area contributed by atoms with E-state index >= 15 is 0 Å². The third kappa shape index (κ3) is 8.73. The Kier molecular flexibility index (Phi) is 8.05. The molecule has 0 aromatic heterocycles. The van der Waals surface area contributed by atoms with Gasteiger partial charge in [0, 0.05) is 6.54 Å². The summed E-state index contributed by atoms with van der Waals surface area (Å²) in [6.45, 7) is 6.25. The molecule has 0 aromatic carbocycles. The SMILES string of the molecule is CCCCCN[P+]([O-])(O)C(NC(=O)OC(C)(C)C)C(F)(F)F. The molecule has 10 heteroatoms.